The molecular weight excluding hydrogens is 314 g/mol. The summed E-state index contributed by atoms with van der Waals surface area (Å²) in [7, 11) is 0. The summed E-state index contributed by atoms with van der Waals surface area (Å²) in [5, 5.41) is 0.663. The Morgan fingerprint density at radius 3 is 2.13 bits per heavy atom. The fourth-order valence-corrected chi connectivity index (χ4v) is 2.70. The van der Waals surface area contributed by atoms with Crippen LogP contribution in [-0.2, 0) is 16.0 Å². The summed E-state index contributed by atoms with van der Waals surface area (Å²) in [5.74, 6) is -0.0317. The van der Waals surface area contributed by atoms with Gasteiger partial charge in [-0.3, -0.25) is 9.59 Å². The van der Waals surface area contributed by atoms with Crippen molar-refractivity contribution in [3.63, 3.8) is 0 Å². The van der Waals surface area contributed by atoms with Crippen LogP contribution >= 0.6 is 11.6 Å². The minimum atomic E-state index is -0.189. The molecule has 23 heavy (non-hydrogen) atoms. The highest BCUT2D eigenvalue weighted by atomic mass is 35.5. The molecule has 1 saturated heterocycles. The first kappa shape index (κ1) is 17.8. The third-order valence-corrected chi connectivity index (χ3v) is 4.64. The van der Waals surface area contributed by atoms with Crippen LogP contribution in [0.5, 0.6) is 0 Å². The maximum Gasteiger partial charge on any atom is 0.227 e. The smallest absolute Gasteiger partial charge is 0.227 e. The van der Waals surface area contributed by atoms with Crippen molar-refractivity contribution < 1.29 is 9.59 Å². The minimum Gasteiger partial charge on any atom is -0.339 e. The molecule has 126 valence electrons. The van der Waals surface area contributed by atoms with Crippen LogP contribution in [0.4, 0.5) is 0 Å². The minimum absolute atomic E-state index is 0.0739. The Morgan fingerprint density at radius 1 is 1.09 bits per heavy atom. The largest absolute Gasteiger partial charge is 0.339 e. The first-order valence-electron chi connectivity index (χ1n) is 7.95. The fourth-order valence-electron chi connectivity index (χ4n) is 2.58. The topological polar surface area (TPSA) is 66.6 Å². The molecule has 1 aromatic carbocycles. The SMILES string of the molecule is CC(N)C(C)C(=O)N1CCN(C(=O)Cc2ccc(Cl)cc2)CC1. The van der Waals surface area contributed by atoms with Gasteiger partial charge in [-0.15, -0.1) is 0 Å². The van der Waals surface area contributed by atoms with E-state index in [4.69, 9.17) is 17.3 Å². The van der Waals surface area contributed by atoms with Crippen molar-refractivity contribution in [3.05, 3.63) is 34.9 Å². The summed E-state index contributed by atoms with van der Waals surface area (Å²) in [6.45, 7) is 5.98. The summed E-state index contributed by atoms with van der Waals surface area (Å²) in [5.41, 5.74) is 6.74. The standard InChI is InChI=1S/C17H24ClN3O2/c1-12(13(2)19)17(23)21-9-7-20(8-10-21)16(22)11-14-3-5-15(18)6-4-14/h3-6,12-13H,7-11,19H2,1-2H3. The second-order valence-corrected chi connectivity index (χ2v) is 6.59. The van der Waals surface area contributed by atoms with Crippen LogP contribution in [0.3, 0.4) is 0 Å². The Morgan fingerprint density at radius 2 is 1.61 bits per heavy atom. The van der Waals surface area contributed by atoms with Gasteiger partial charge in [0.2, 0.25) is 11.8 Å². The average molecular weight is 338 g/mol. The van der Waals surface area contributed by atoms with Gasteiger partial charge in [-0.2, -0.15) is 0 Å². The normalized spacial score (nSPS) is 17.7. The molecule has 1 aliphatic rings. The van der Waals surface area contributed by atoms with Gasteiger partial charge in [0.25, 0.3) is 0 Å². The van der Waals surface area contributed by atoms with Crippen LogP contribution in [0.25, 0.3) is 0 Å². The summed E-state index contributed by atoms with van der Waals surface area (Å²) in [6, 6.07) is 7.15. The number of amides is 2. The summed E-state index contributed by atoms with van der Waals surface area (Å²) in [6.07, 6.45) is 0.362. The van der Waals surface area contributed by atoms with E-state index in [0.29, 0.717) is 37.6 Å². The van der Waals surface area contributed by atoms with E-state index in [0.717, 1.165) is 5.56 Å². The number of benzene rings is 1. The van der Waals surface area contributed by atoms with Crippen molar-refractivity contribution in [1.29, 1.82) is 0 Å². The predicted molar refractivity (Wildman–Crippen MR) is 91.1 cm³/mol. The van der Waals surface area contributed by atoms with Gasteiger partial charge in [0.15, 0.2) is 0 Å². The molecule has 1 aliphatic heterocycles. The zero-order valence-corrected chi connectivity index (χ0v) is 14.4. The zero-order valence-electron chi connectivity index (χ0n) is 13.7. The number of carbonyl (C=O) groups is 2. The Balaban J connectivity index is 1.85. The number of carbonyl (C=O) groups excluding carboxylic acids is 2. The van der Waals surface area contributed by atoms with Gasteiger partial charge >= 0.3 is 0 Å². The maximum absolute atomic E-state index is 12.3. The maximum atomic E-state index is 12.3. The van der Waals surface area contributed by atoms with E-state index < -0.39 is 0 Å². The van der Waals surface area contributed by atoms with E-state index in [1.165, 1.54) is 0 Å². The molecule has 6 heteroatoms. The third kappa shape index (κ3) is 4.69. The molecular formula is C17H24ClN3O2. The first-order chi connectivity index (χ1) is 10.9. The van der Waals surface area contributed by atoms with Crippen LogP contribution in [-0.4, -0.2) is 53.8 Å². The second kappa shape index (κ2) is 7.79. The Labute approximate surface area is 142 Å². The molecule has 2 rings (SSSR count). The lowest BCUT2D eigenvalue weighted by molar-refractivity contribution is -0.141. The quantitative estimate of drug-likeness (QED) is 0.906. The van der Waals surface area contributed by atoms with E-state index in [1.807, 2.05) is 30.9 Å². The second-order valence-electron chi connectivity index (χ2n) is 6.16. The zero-order chi connectivity index (χ0) is 17.0. The van der Waals surface area contributed by atoms with Gasteiger partial charge in [0.1, 0.15) is 0 Å². The molecule has 0 radical (unpaired) electrons. The van der Waals surface area contributed by atoms with Crippen LogP contribution < -0.4 is 5.73 Å². The molecule has 2 unspecified atom stereocenters. The number of nitrogens with two attached hydrogens (primary N) is 1. The van der Waals surface area contributed by atoms with E-state index in [2.05, 4.69) is 0 Å². The number of hydrogen-bond acceptors (Lipinski definition) is 3. The van der Waals surface area contributed by atoms with E-state index in [-0.39, 0.29) is 23.8 Å². The van der Waals surface area contributed by atoms with E-state index >= 15 is 0 Å². The van der Waals surface area contributed by atoms with Gasteiger partial charge in [0, 0.05) is 37.2 Å². The third-order valence-electron chi connectivity index (χ3n) is 4.39. The highest BCUT2D eigenvalue weighted by Gasteiger charge is 2.28. The number of hydrogen-bond donors (Lipinski definition) is 1. The number of rotatable bonds is 4. The number of piperazine rings is 1. The average Bonchev–Trinajstić information content (AvgIpc) is 2.55. The van der Waals surface area contributed by atoms with Crippen molar-refractivity contribution >= 4 is 23.4 Å². The summed E-state index contributed by atoms with van der Waals surface area (Å²) >= 11 is 5.85. The van der Waals surface area contributed by atoms with Gasteiger partial charge in [0.05, 0.1) is 12.3 Å². The predicted octanol–water partition coefficient (Wildman–Crippen LogP) is 1.54. The lowest BCUT2D eigenvalue weighted by atomic mass is 10.0. The molecule has 1 fully saturated rings. The van der Waals surface area contributed by atoms with Gasteiger partial charge in [-0.25, -0.2) is 0 Å². The molecule has 1 aromatic rings. The van der Waals surface area contributed by atoms with E-state index in [9.17, 15) is 9.59 Å². The van der Waals surface area contributed by atoms with Crippen LogP contribution in [0.15, 0.2) is 24.3 Å². The fraction of sp³-hybridized carbons (Fsp3) is 0.529. The monoisotopic (exact) mass is 337 g/mol. The van der Waals surface area contributed by atoms with Crippen LogP contribution in [0.1, 0.15) is 19.4 Å². The van der Waals surface area contributed by atoms with Crippen molar-refractivity contribution in [2.75, 3.05) is 26.2 Å². The van der Waals surface area contributed by atoms with Crippen molar-refractivity contribution in [2.24, 2.45) is 11.7 Å². The lowest BCUT2D eigenvalue weighted by Crippen LogP contribution is -2.53. The molecule has 0 spiro atoms. The summed E-state index contributed by atoms with van der Waals surface area (Å²) < 4.78 is 0. The molecule has 0 bridgehead atoms. The molecule has 0 aliphatic carbocycles. The highest BCUT2D eigenvalue weighted by molar-refractivity contribution is 6.30. The highest BCUT2D eigenvalue weighted by Crippen LogP contribution is 2.13. The lowest BCUT2D eigenvalue weighted by Gasteiger charge is -2.36. The molecule has 0 saturated carbocycles. The Bertz CT molecular complexity index is 551. The van der Waals surface area contributed by atoms with Gasteiger partial charge in [-0.05, 0) is 24.6 Å². The molecule has 2 N–H and O–H groups in total. The van der Waals surface area contributed by atoms with Crippen molar-refractivity contribution in [3.8, 4) is 0 Å². The molecule has 1 heterocycles. The molecule has 5 nitrogen and oxygen atoms in total. The number of halogens is 1. The van der Waals surface area contributed by atoms with Gasteiger partial charge < -0.3 is 15.5 Å². The van der Waals surface area contributed by atoms with Crippen LogP contribution in [0, 0.1) is 5.92 Å². The molecule has 0 aromatic heterocycles. The van der Waals surface area contributed by atoms with E-state index in [1.54, 1.807) is 17.0 Å². The molecule has 2 amide bonds. The van der Waals surface area contributed by atoms with Gasteiger partial charge in [-0.1, -0.05) is 30.7 Å². The van der Waals surface area contributed by atoms with Crippen LogP contribution in [0.2, 0.25) is 5.02 Å². The Hall–Kier alpha value is -1.59. The Kier molecular flexibility index (Phi) is 6.02. The van der Waals surface area contributed by atoms with Crippen molar-refractivity contribution in [1.82, 2.24) is 9.80 Å². The first-order valence-corrected chi connectivity index (χ1v) is 8.33. The van der Waals surface area contributed by atoms with Crippen molar-refractivity contribution in [2.45, 2.75) is 26.3 Å². The molecule has 2 atom stereocenters. The summed E-state index contributed by atoms with van der Waals surface area (Å²) in [4.78, 5) is 28.2. The number of nitrogens with zero attached hydrogens (tertiary/aromatic N) is 2.